The summed E-state index contributed by atoms with van der Waals surface area (Å²) in [5, 5.41) is 14.1. The highest BCUT2D eigenvalue weighted by molar-refractivity contribution is 5.97. The Morgan fingerprint density at radius 2 is 2.04 bits per heavy atom. The van der Waals surface area contributed by atoms with E-state index >= 15 is 0 Å². The van der Waals surface area contributed by atoms with Gasteiger partial charge in [-0.3, -0.25) is 10.1 Å². The zero-order valence-corrected chi connectivity index (χ0v) is 11.8. The Bertz CT molecular complexity index is 782. The van der Waals surface area contributed by atoms with Gasteiger partial charge in [-0.1, -0.05) is 5.16 Å². The normalized spacial score (nSPS) is 11.3. The second-order valence-corrected chi connectivity index (χ2v) is 4.44. The number of nitro groups is 1. The number of esters is 1. The third-order valence-electron chi connectivity index (χ3n) is 3.03. The number of nitro benzene ring substituents is 1. The number of rotatable bonds is 3. The highest BCUT2D eigenvalue weighted by Gasteiger charge is 2.37. The largest absolute Gasteiger partial charge is 0.465 e. The van der Waals surface area contributed by atoms with Gasteiger partial charge in [0.1, 0.15) is 17.0 Å². The van der Waals surface area contributed by atoms with Crippen LogP contribution in [0.1, 0.15) is 21.7 Å². The van der Waals surface area contributed by atoms with Crippen LogP contribution in [-0.4, -0.2) is 23.2 Å². The Morgan fingerprint density at radius 1 is 1.39 bits per heavy atom. The summed E-state index contributed by atoms with van der Waals surface area (Å²) in [5.41, 5.74) is -3.21. The lowest BCUT2D eigenvalue weighted by molar-refractivity contribution is -0.385. The number of carbonyl (C=O) groups excluding carboxylic acids is 1. The fourth-order valence-electron chi connectivity index (χ4n) is 1.99. The summed E-state index contributed by atoms with van der Waals surface area (Å²) < 4.78 is 48.9. The first-order chi connectivity index (χ1) is 10.7. The number of aryl methyl sites for hydroxylation is 1. The molecule has 0 aliphatic rings. The van der Waals surface area contributed by atoms with Crippen molar-refractivity contribution in [3.05, 3.63) is 45.2 Å². The van der Waals surface area contributed by atoms with Gasteiger partial charge in [0.25, 0.3) is 5.69 Å². The summed E-state index contributed by atoms with van der Waals surface area (Å²) in [7, 11) is 1.05. The minimum absolute atomic E-state index is 0.0293. The standard InChI is InChI=1S/C13H9F3N2O5/c1-6-10(12(19)22-2)11(17-23-6)8-4-3-7(18(20)21)5-9(8)13(14,15)16/h3-5H,1-2H3. The van der Waals surface area contributed by atoms with Crippen LogP contribution in [0.5, 0.6) is 0 Å². The fourth-order valence-corrected chi connectivity index (χ4v) is 1.99. The van der Waals surface area contributed by atoms with Crippen LogP contribution in [0, 0.1) is 17.0 Å². The smallest absolute Gasteiger partial charge is 0.417 e. The molecule has 0 fully saturated rings. The molecule has 0 aliphatic heterocycles. The number of hydrogen-bond donors (Lipinski definition) is 0. The number of methoxy groups -OCH3 is 1. The maximum atomic E-state index is 13.2. The molecule has 0 radical (unpaired) electrons. The predicted molar refractivity (Wildman–Crippen MR) is 69.7 cm³/mol. The van der Waals surface area contributed by atoms with Crippen molar-refractivity contribution in [1.82, 2.24) is 5.16 Å². The van der Waals surface area contributed by atoms with Crippen molar-refractivity contribution >= 4 is 11.7 Å². The predicted octanol–water partition coefficient (Wildman–Crippen LogP) is 3.36. The highest BCUT2D eigenvalue weighted by atomic mass is 19.4. The maximum Gasteiger partial charge on any atom is 0.417 e. The van der Waals surface area contributed by atoms with E-state index < -0.39 is 39.6 Å². The van der Waals surface area contributed by atoms with Gasteiger partial charge in [-0.25, -0.2) is 4.79 Å². The van der Waals surface area contributed by atoms with E-state index in [2.05, 4.69) is 9.89 Å². The Kier molecular flexibility index (Phi) is 4.08. The number of halogens is 3. The first kappa shape index (κ1) is 16.5. The molecule has 1 heterocycles. The van der Waals surface area contributed by atoms with Gasteiger partial charge < -0.3 is 9.26 Å². The van der Waals surface area contributed by atoms with E-state index in [9.17, 15) is 28.1 Å². The summed E-state index contributed by atoms with van der Waals surface area (Å²) in [6.45, 7) is 1.33. The molecule has 23 heavy (non-hydrogen) atoms. The van der Waals surface area contributed by atoms with Crippen LogP contribution in [0.3, 0.4) is 0 Å². The van der Waals surface area contributed by atoms with Crippen LogP contribution in [0.4, 0.5) is 18.9 Å². The first-order valence-electron chi connectivity index (χ1n) is 6.07. The minimum Gasteiger partial charge on any atom is -0.465 e. The van der Waals surface area contributed by atoms with E-state index in [1.807, 2.05) is 0 Å². The van der Waals surface area contributed by atoms with Crippen molar-refractivity contribution < 1.29 is 32.1 Å². The lowest BCUT2D eigenvalue weighted by Gasteiger charge is -2.11. The molecule has 1 aromatic heterocycles. The van der Waals surface area contributed by atoms with Crippen LogP contribution in [0.2, 0.25) is 0 Å². The molecular weight excluding hydrogens is 321 g/mol. The number of alkyl halides is 3. The monoisotopic (exact) mass is 330 g/mol. The molecular formula is C13H9F3N2O5. The summed E-state index contributed by atoms with van der Waals surface area (Å²) in [5.74, 6) is -0.955. The van der Waals surface area contributed by atoms with E-state index in [1.54, 1.807) is 0 Å². The van der Waals surface area contributed by atoms with E-state index in [0.717, 1.165) is 19.2 Å². The molecule has 10 heteroatoms. The molecule has 0 atom stereocenters. The van der Waals surface area contributed by atoms with Gasteiger partial charge in [-0.05, 0) is 13.0 Å². The molecule has 0 N–H and O–H groups in total. The molecule has 122 valence electrons. The second-order valence-electron chi connectivity index (χ2n) is 4.44. The number of aromatic nitrogens is 1. The van der Waals surface area contributed by atoms with Gasteiger partial charge in [0.05, 0.1) is 17.6 Å². The van der Waals surface area contributed by atoms with Crippen molar-refractivity contribution in [1.29, 1.82) is 0 Å². The van der Waals surface area contributed by atoms with Crippen molar-refractivity contribution in [2.75, 3.05) is 7.11 Å². The summed E-state index contributed by atoms with van der Waals surface area (Å²) in [6, 6.07) is 2.13. The number of ether oxygens (including phenoxy) is 1. The summed E-state index contributed by atoms with van der Waals surface area (Å²) >= 11 is 0. The maximum absolute atomic E-state index is 13.2. The van der Waals surface area contributed by atoms with E-state index in [4.69, 9.17) is 4.52 Å². The van der Waals surface area contributed by atoms with Gasteiger partial charge in [-0.2, -0.15) is 13.2 Å². The van der Waals surface area contributed by atoms with Gasteiger partial charge in [0, 0.05) is 17.7 Å². The Hall–Kier alpha value is -2.91. The Labute approximate surface area is 126 Å². The quantitative estimate of drug-likeness (QED) is 0.486. The molecule has 0 spiro atoms. The van der Waals surface area contributed by atoms with Crippen LogP contribution in [-0.2, 0) is 10.9 Å². The minimum atomic E-state index is -4.89. The number of carbonyl (C=O) groups is 1. The molecule has 0 bridgehead atoms. The van der Waals surface area contributed by atoms with Crippen molar-refractivity contribution in [3.63, 3.8) is 0 Å². The zero-order valence-electron chi connectivity index (χ0n) is 11.8. The molecule has 0 amide bonds. The topological polar surface area (TPSA) is 95.5 Å². The molecule has 2 rings (SSSR count). The van der Waals surface area contributed by atoms with E-state index in [1.165, 1.54) is 6.92 Å². The first-order valence-corrected chi connectivity index (χ1v) is 6.07. The third kappa shape index (κ3) is 3.00. The van der Waals surface area contributed by atoms with Crippen LogP contribution >= 0.6 is 0 Å². The van der Waals surface area contributed by atoms with Crippen molar-refractivity contribution in [2.24, 2.45) is 0 Å². The highest BCUT2D eigenvalue weighted by Crippen LogP contribution is 2.40. The summed E-state index contributed by atoms with van der Waals surface area (Å²) in [6.07, 6.45) is -4.89. The van der Waals surface area contributed by atoms with Gasteiger partial charge in [-0.15, -0.1) is 0 Å². The fraction of sp³-hybridized carbons (Fsp3) is 0.231. The van der Waals surface area contributed by atoms with Gasteiger partial charge >= 0.3 is 12.1 Å². The number of hydrogen-bond acceptors (Lipinski definition) is 6. The Balaban J connectivity index is 2.74. The number of non-ortho nitro benzene ring substituents is 1. The molecule has 1 aromatic carbocycles. The van der Waals surface area contributed by atoms with Crippen molar-refractivity contribution in [2.45, 2.75) is 13.1 Å². The van der Waals surface area contributed by atoms with Gasteiger partial charge in [0.2, 0.25) is 0 Å². The van der Waals surface area contributed by atoms with Crippen LogP contribution < -0.4 is 0 Å². The zero-order chi connectivity index (χ0) is 17.4. The second kappa shape index (κ2) is 5.71. The Morgan fingerprint density at radius 3 is 2.57 bits per heavy atom. The molecule has 0 saturated heterocycles. The van der Waals surface area contributed by atoms with Crippen LogP contribution in [0.15, 0.2) is 22.7 Å². The molecule has 7 nitrogen and oxygen atoms in total. The van der Waals surface area contributed by atoms with Crippen molar-refractivity contribution in [3.8, 4) is 11.3 Å². The SMILES string of the molecule is COC(=O)c1c(-c2ccc([N+](=O)[O-])cc2C(F)(F)F)noc1C. The molecule has 0 saturated carbocycles. The lowest BCUT2D eigenvalue weighted by Crippen LogP contribution is -2.10. The van der Waals surface area contributed by atoms with Gasteiger partial charge in [0.15, 0.2) is 0 Å². The number of nitrogens with zero attached hydrogens (tertiary/aromatic N) is 2. The van der Waals surface area contributed by atoms with Crippen LogP contribution in [0.25, 0.3) is 11.3 Å². The average molecular weight is 330 g/mol. The lowest BCUT2D eigenvalue weighted by atomic mass is 9.99. The average Bonchev–Trinajstić information content (AvgIpc) is 2.86. The third-order valence-corrected chi connectivity index (χ3v) is 3.03. The molecule has 2 aromatic rings. The van der Waals surface area contributed by atoms with E-state index in [0.29, 0.717) is 6.07 Å². The molecule has 0 aliphatic carbocycles. The van der Waals surface area contributed by atoms with E-state index in [-0.39, 0.29) is 11.3 Å². The summed E-state index contributed by atoms with van der Waals surface area (Å²) in [4.78, 5) is 21.4. The molecule has 0 unspecified atom stereocenters. The number of benzene rings is 1.